The lowest BCUT2D eigenvalue weighted by atomic mass is 9.95. The maximum atomic E-state index is 13.6. The van der Waals surface area contributed by atoms with E-state index in [-0.39, 0.29) is 30.9 Å². The highest BCUT2D eigenvalue weighted by Gasteiger charge is 2.17. The number of para-hydroxylation sites is 1. The van der Waals surface area contributed by atoms with E-state index < -0.39 is 5.82 Å². The minimum atomic E-state index is -0.568. The van der Waals surface area contributed by atoms with Crippen molar-refractivity contribution in [3.05, 3.63) is 29.6 Å². The Hall–Kier alpha value is -1.62. The van der Waals surface area contributed by atoms with Crippen molar-refractivity contribution in [2.75, 3.05) is 6.61 Å². The predicted molar refractivity (Wildman–Crippen MR) is 72.8 cm³/mol. The van der Waals surface area contributed by atoms with Crippen LogP contribution in [0.25, 0.3) is 0 Å². The molecule has 1 aliphatic rings. The molecule has 0 saturated heterocycles. The Bertz CT molecular complexity index is 458. The quantitative estimate of drug-likeness (QED) is 0.869. The van der Waals surface area contributed by atoms with Crippen LogP contribution in [0.5, 0.6) is 5.75 Å². The zero-order chi connectivity index (χ0) is 14.4. The molecule has 0 unspecified atom stereocenters. The number of carbonyl (C=O) groups excluding carboxylic acids is 1. The first-order valence-corrected chi connectivity index (χ1v) is 7.01. The number of hydrogen-bond donors (Lipinski definition) is 2. The molecule has 5 heteroatoms. The van der Waals surface area contributed by atoms with E-state index >= 15 is 0 Å². The summed E-state index contributed by atoms with van der Waals surface area (Å²) in [4.78, 5) is 11.8. The highest BCUT2D eigenvalue weighted by molar-refractivity contribution is 5.77. The summed E-state index contributed by atoms with van der Waals surface area (Å²) in [7, 11) is 0. The molecule has 0 radical (unpaired) electrons. The third-order valence-electron chi connectivity index (χ3n) is 3.54. The normalized spacial score (nSPS) is 15.9. The zero-order valence-electron chi connectivity index (χ0n) is 11.4. The van der Waals surface area contributed by atoms with Crippen LogP contribution in [-0.4, -0.2) is 23.7 Å². The monoisotopic (exact) mass is 281 g/mol. The summed E-state index contributed by atoms with van der Waals surface area (Å²) in [6.07, 6.45) is 5.47. The molecule has 20 heavy (non-hydrogen) atoms. The summed E-state index contributed by atoms with van der Waals surface area (Å²) in [6.45, 7) is -0.554. The van der Waals surface area contributed by atoms with E-state index in [0.29, 0.717) is 5.56 Å². The average molecular weight is 281 g/mol. The van der Waals surface area contributed by atoms with Crippen LogP contribution in [0.15, 0.2) is 18.2 Å². The summed E-state index contributed by atoms with van der Waals surface area (Å²) in [6, 6.07) is 4.51. The number of benzene rings is 1. The Morgan fingerprint density at radius 1 is 1.35 bits per heavy atom. The Kier molecular flexibility index (Phi) is 5.35. The van der Waals surface area contributed by atoms with E-state index in [4.69, 9.17) is 9.84 Å². The van der Waals surface area contributed by atoms with E-state index in [1.807, 2.05) is 0 Å². The lowest BCUT2D eigenvalue weighted by molar-refractivity contribution is -0.124. The first kappa shape index (κ1) is 14.8. The molecular formula is C15H20FNO3. The molecule has 1 saturated carbocycles. The first-order valence-electron chi connectivity index (χ1n) is 7.01. The highest BCUT2D eigenvalue weighted by atomic mass is 19.1. The molecule has 1 fully saturated rings. The van der Waals surface area contributed by atoms with Gasteiger partial charge in [0.2, 0.25) is 0 Å². The number of aliphatic hydroxyl groups excluding tert-OH is 1. The van der Waals surface area contributed by atoms with E-state index in [1.165, 1.54) is 18.6 Å². The van der Waals surface area contributed by atoms with E-state index in [1.54, 1.807) is 6.07 Å². The maximum absolute atomic E-state index is 13.6. The van der Waals surface area contributed by atoms with Gasteiger partial charge in [-0.1, -0.05) is 31.4 Å². The van der Waals surface area contributed by atoms with Crippen LogP contribution in [0.1, 0.15) is 37.7 Å². The summed E-state index contributed by atoms with van der Waals surface area (Å²) in [5, 5.41) is 12.0. The number of hydrogen-bond acceptors (Lipinski definition) is 3. The van der Waals surface area contributed by atoms with Gasteiger partial charge in [-0.05, 0) is 18.9 Å². The zero-order valence-corrected chi connectivity index (χ0v) is 11.4. The second-order valence-corrected chi connectivity index (χ2v) is 5.08. The van der Waals surface area contributed by atoms with Crippen LogP contribution in [0, 0.1) is 5.82 Å². The molecule has 0 atom stereocenters. The largest absolute Gasteiger partial charge is 0.480 e. The van der Waals surface area contributed by atoms with Gasteiger partial charge < -0.3 is 15.2 Å². The van der Waals surface area contributed by atoms with Gasteiger partial charge in [-0.3, -0.25) is 4.79 Å². The third-order valence-corrected chi connectivity index (χ3v) is 3.54. The molecule has 0 aromatic heterocycles. The van der Waals surface area contributed by atoms with Gasteiger partial charge in [0.1, 0.15) is 0 Å². The second kappa shape index (κ2) is 7.24. The van der Waals surface area contributed by atoms with E-state index in [2.05, 4.69) is 5.32 Å². The van der Waals surface area contributed by atoms with Crippen molar-refractivity contribution in [1.82, 2.24) is 5.32 Å². The van der Waals surface area contributed by atoms with Crippen molar-refractivity contribution in [2.24, 2.45) is 0 Å². The lowest BCUT2D eigenvalue weighted by Gasteiger charge is -2.22. The molecule has 0 spiro atoms. The van der Waals surface area contributed by atoms with Crippen molar-refractivity contribution < 1.29 is 19.0 Å². The van der Waals surface area contributed by atoms with Crippen molar-refractivity contribution in [3.8, 4) is 5.75 Å². The van der Waals surface area contributed by atoms with Gasteiger partial charge in [0.15, 0.2) is 18.2 Å². The maximum Gasteiger partial charge on any atom is 0.258 e. The molecule has 1 aromatic carbocycles. The molecule has 2 N–H and O–H groups in total. The highest BCUT2D eigenvalue weighted by Crippen LogP contribution is 2.22. The number of amides is 1. The number of nitrogens with one attached hydrogen (secondary N) is 1. The fraction of sp³-hybridized carbons (Fsp3) is 0.533. The molecule has 0 aliphatic heterocycles. The van der Waals surface area contributed by atoms with Gasteiger partial charge in [-0.25, -0.2) is 4.39 Å². The fourth-order valence-corrected chi connectivity index (χ4v) is 2.49. The van der Waals surface area contributed by atoms with Gasteiger partial charge in [-0.15, -0.1) is 0 Å². The van der Waals surface area contributed by atoms with Crippen LogP contribution < -0.4 is 10.1 Å². The molecule has 110 valence electrons. The SMILES string of the molecule is O=C(COc1c(F)cccc1CO)NC1CCCCC1. The van der Waals surface area contributed by atoms with Crippen molar-refractivity contribution in [1.29, 1.82) is 0 Å². The predicted octanol–water partition coefficient (Wildman–Crippen LogP) is 2.15. The summed E-state index contributed by atoms with van der Waals surface area (Å²) >= 11 is 0. The van der Waals surface area contributed by atoms with Crippen molar-refractivity contribution >= 4 is 5.91 Å². The minimum absolute atomic E-state index is 0.0474. The van der Waals surface area contributed by atoms with Crippen LogP contribution >= 0.6 is 0 Å². The molecule has 2 rings (SSSR count). The molecule has 0 heterocycles. The Morgan fingerprint density at radius 3 is 2.80 bits per heavy atom. The molecule has 0 bridgehead atoms. The third kappa shape index (κ3) is 3.93. The van der Waals surface area contributed by atoms with Crippen molar-refractivity contribution in [3.63, 3.8) is 0 Å². The van der Waals surface area contributed by atoms with Gasteiger partial charge in [0.25, 0.3) is 5.91 Å². The number of rotatable bonds is 5. The fourth-order valence-electron chi connectivity index (χ4n) is 2.49. The summed E-state index contributed by atoms with van der Waals surface area (Å²) in [5.74, 6) is -0.861. The molecular weight excluding hydrogens is 261 g/mol. The smallest absolute Gasteiger partial charge is 0.258 e. The number of aliphatic hydroxyl groups is 1. The number of halogens is 1. The second-order valence-electron chi connectivity index (χ2n) is 5.08. The van der Waals surface area contributed by atoms with Gasteiger partial charge in [0, 0.05) is 11.6 Å². The van der Waals surface area contributed by atoms with Crippen LogP contribution in [0.3, 0.4) is 0 Å². The Balaban J connectivity index is 1.86. The molecule has 1 amide bonds. The number of ether oxygens (including phenoxy) is 1. The Labute approximate surface area is 117 Å². The van der Waals surface area contributed by atoms with Gasteiger partial charge in [-0.2, -0.15) is 0 Å². The summed E-state index contributed by atoms with van der Waals surface area (Å²) < 4.78 is 18.8. The molecule has 1 aliphatic carbocycles. The average Bonchev–Trinajstić information content (AvgIpc) is 2.46. The van der Waals surface area contributed by atoms with Crippen molar-refractivity contribution in [2.45, 2.75) is 44.8 Å². The molecule has 4 nitrogen and oxygen atoms in total. The summed E-state index contributed by atoms with van der Waals surface area (Å²) in [5.41, 5.74) is 0.343. The number of carbonyl (C=O) groups is 1. The van der Waals surface area contributed by atoms with Gasteiger partial charge >= 0.3 is 0 Å². The standard InChI is InChI=1S/C15H20FNO3/c16-13-8-4-5-11(9-18)15(13)20-10-14(19)17-12-6-2-1-3-7-12/h4-5,8,12,18H,1-3,6-7,9-10H2,(H,17,19). The van der Waals surface area contributed by atoms with Crippen LogP contribution in [0.2, 0.25) is 0 Å². The lowest BCUT2D eigenvalue weighted by Crippen LogP contribution is -2.39. The Morgan fingerprint density at radius 2 is 2.10 bits per heavy atom. The van der Waals surface area contributed by atoms with Gasteiger partial charge in [0.05, 0.1) is 6.61 Å². The van der Waals surface area contributed by atoms with Crippen LogP contribution in [0.4, 0.5) is 4.39 Å². The van der Waals surface area contributed by atoms with E-state index in [0.717, 1.165) is 25.7 Å². The minimum Gasteiger partial charge on any atom is -0.480 e. The first-order chi connectivity index (χ1) is 9.70. The molecule has 1 aromatic rings. The van der Waals surface area contributed by atoms with Crippen LogP contribution in [-0.2, 0) is 11.4 Å². The van der Waals surface area contributed by atoms with E-state index in [9.17, 15) is 9.18 Å². The topological polar surface area (TPSA) is 58.6 Å².